The number of nitrogens with zero attached hydrogens (tertiary/aromatic N) is 4. The molecule has 0 radical (unpaired) electrons. The van der Waals surface area contributed by atoms with Crippen molar-refractivity contribution in [3.05, 3.63) is 24.2 Å². The molecule has 0 spiro atoms. The summed E-state index contributed by atoms with van der Waals surface area (Å²) in [6.45, 7) is 4.17. The second-order valence-electron chi connectivity index (χ2n) is 6.74. The SMILES string of the molecule is CN1CCC(Cc2nc3cccnc3n2CC2CCCO2)C1. The van der Waals surface area contributed by atoms with Crippen LogP contribution < -0.4 is 0 Å². The highest BCUT2D eigenvalue weighted by atomic mass is 16.5. The third-order valence-electron chi connectivity index (χ3n) is 4.95. The van der Waals surface area contributed by atoms with E-state index in [4.69, 9.17) is 9.72 Å². The summed E-state index contributed by atoms with van der Waals surface area (Å²) >= 11 is 0. The Bertz CT molecular complexity index is 647. The van der Waals surface area contributed by atoms with Crippen molar-refractivity contribution in [2.45, 2.75) is 38.3 Å². The standard InChI is InChI=1S/C17H24N4O/c1-20-8-6-13(11-20)10-16-19-15-5-2-7-18-17(15)21(16)12-14-4-3-9-22-14/h2,5,7,13-14H,3-4,6,8-12H2,1H3. The van der Waals surface area contributed by atoms with E-state index in [0.29, 0.717) is 12.0 Å². The third kappa shape index (κ3) is 2.75. The van der Waals surface area contributed by atoms with E-state index in [1.54, 1.807) is 0 Å². The molecule has 4 heterocycles. The smallest absolute Gasteiger partial charge is 0.160 e. The number of pyridine rings is 1. The Kier molecular flexibility index (Phi) is 3.84. The predicted octanol–water partition coefficient (Wildman–Crippen LogP) is 2.10. The lowest BCUT2D eigenvalue weighted by Crippen LogP contribution is -2.20. The van der Waals surface area contributed by atoms with Crippen molar-refractivity contribution >= 4 is 11.2 Å². The van der Waals surface area contributed by atoms with Crippen LogP contribution in [-0.2, 0) is 17.7 Å². The molecule has 2 aromatic heterocycles. The minimum absolute atomic E-state index is 0.324. The molecule has 2 unspecified atom stereocenters. The van der Waals surface area contributed by atoms with E-state index in [-0.39, 0.29) is 0 Å². The number of hydrogen-bond acceptors (Lipinski definition) is 4. The molecule has 0 aliphatic carbocycles. The Morgan fingerprint density at radius 3 is 3.09 bits per heavy atom. The van der Waals surface area contributed by atoms with Crippen LogP contribution in [0.1, 0.15) is 25.1 Å². The molecule has 2 aliphatic rings. The Labute approximate surface area is 131 Å². The number of imidazole rings is 1. The molecule has 2 aliphatic heterocycles. The van der Waals surface area contributed by atoms with Gasteiger partial charge in [-0.05, 0) is 50.9 Å². The molecular weight excluding hydrogens is 276 g/mol. The first-order valence-corrected chi connectivity index (χ1v) is 8.40. The Hall–Kier alpha value is -1.46. The van der Waals surface area contributed by atoms with Gasteiger partial charge in [-0.25, -0.2) is 9.97 Å². The Morgan fingerprint density at radius 2 is 2.32 bits per heavy atom. The first-order chi connectivity index (χ1) is 10.8. The first kappa shape index (κ1) is 14.2. The minimum Gasteiger partial charge on any atom is -0.376 e. The highest BCUT2D eigenvalue weighted by Gasteiger charge is 2.25. The number of likely N-dealkylation sites (tertiary alicyclic amines) is 1. The lowest BCUT2D eigenvalue weighted by molar-refractivity contribution is 0.0969. The van der Waals surface area contributed by atoms with E-state index >= 15 is 0 Å². The molecule has 0 saturated carbocycles. The largest absolute Gasteiger partial charge is 0.376 e. The fourth-order valence-corrected chi connectivity index (χ4v) is 3.80. The van der Waals surface area contributed by atoms with Gasteiger partial charge in [0.15, 0.2) is 5.65 Å². The number of ether oxygens (including phenoxy) is 1. The molecule has 2 saturated heterocycles. The molecular formula is C17H24N4O. The third-order valence-corrected chi connectivity index (χ3v) is 4.95. The number of fused-ring (bicyclic) bond motifs is 1. The molecule has 118 valence electrons. The van der Waals surface area contributed by atoms with E-state index < -0.39 is 0 Å². The summed E-state index contributed by atoms with van der Waals surface area (Å²) in [4.78, 5) is 11.9. The van der Waals surface area contributed by atoms with Gasteiger partial charge in [0.25, 0.3) is 0 Å². The zero-order valence-electron chi connectivity index (χ0n) is 13.2. The van der Waals surface area contributed by atoms with Crippen molar-refractivity contribution in [2.24, 2.45) is 5.92 Å². The number of rotatable bonds is 4. The van der Waals surface area contributed by atoms with Crippen LogP contribution in [-0.4, -0.2) is 52.3 Å². The van der Waals surface area contributed by atoms with E-state index in [1.165, 1.54) is 31.8 Å². The lowest BCUT2D eigenvalue weighted by Gasteiger charge is -2.15. The molecule has 2 atom stereocenters. The summed E-state index contributed by atoms with van der Waals surface area (Å²) in [6, 6.07) is 4.04. The fourth-order valence-electron chi connectivity index (χ4n) is 3.80. The summed E-state index contributed by atoms with van der Waals surface area (Å²) in [6.07, 6.45) is 6.83. The van der Waals surface area contributed by atoms with Crippen LogP contribution in [0.15, 0.2) is 18.3 Å². The molecule has 4 rings (SSSR count). The highest BCUT2D eigenvalue weighted by molar-refractivity contribution is 5.71. The molecule has 2 fully saturated rings. The van der Waals surface area contributed by atoms with E-state index in [1.807, 2.05) is 12.3 Å². The molecule has 5 heteroatoms. The molecule has 2 aromatic rings. The molecule has 0 N–H and O–H groups in total. The van der Waals surface area contributed by atoms with Gasteiger partial charge >= 0.3 is 0 Å². The van der Waals surface area contributed by atoms with Crippen molar-refractivity contribution in [3.8, 4) is 0 Å². The normalized spacial score (nSPS) is 26.2. The molecule has 0 amide bonds. The van der Waals surface area contributed by atoms with Crippen LogP contribution >= 0.6 is 0 Å². The predicted molar refractivity (Wildman–Crippen MR) is 85.8 cm³/mol. The second kappa shape index (κ2) is 5.97. The fraction of sp³-hybridized carbons (Fsp3) is 0.647. The van der Waals surface area contributed by atoms with Crippen molar-refractivity contribution < 1.29 is 4.74 Å². The first-order valence-electron chi connectivity index (χ1n) is 8.40. The van der Waals surface area contributed by atoms with Crippen molar-refractivity contribution in [1.82, 2.24) is 19.4 Å². The second-order valence-corrected chi connectivity index (χ2v) is 6.74. The van der Waals surface area contributed by atoms with Crippen LogP contribution in [0.2, 0.25) is 0 Å². The van der Waals surface area contributed by atoms with Gasteiger partial charge in [-0.1, -0.05) is 0 Å². The van der Waals surface area contributed by atoms with Crippen molar-refractivity contribution in [2.75, 3.05) is 26.7 Å². The summed E-state index contributed by atoms with van der Waals surface area (Å²) < 4.78 is 8.14. The van der Waals surface area contributed by atoms with Crippen LogP contribution in [0.4, 0.5) is 0 Å². The molecule has 22 heavy (non-hydrogen) atoms. The van der Waals surface area contributed by atoms with E-state index in [0.717, 1.165) is 37.2 Å². The molecule has 0 aromatic carbocycles. The lowest BCUT2D eigenvalue weighted by atomic mass is 10.0. The van der Waals surface area contributed by atoms with E-state index in [9.17, 15) is 0 Å². The monoisotopic (exact) mass is 300 g/mol. The van der Waals surface area contributed by atoms with Gasteiger partial charge < -0.3 is 14.2 Å². The van der Waals surface area contributed by atoms with Crippen molar-refractivity contribution in [3.63, 3.8) is 0 Å². The summed E-state index contributed by atoms with van der Waals surface area (Å²) in [7, 11) is 2.21. The van der Waals surface area contributed by atoms with Crippen molar-refractivity contribution in [1.29, 1.82) is 0 Å². The number of aromatic nitrogens is 3. The van der Waals surface area contributed by atoms with Gasteiger partial charge in [-0.2, -0.15) is 0 Å². The zero-order chi connectivity index (χ0) is 14.9. The summed E-state index contributed by atoms with van der Waals surface area (Å²) in [5.41, 5.74) is 2.03. The van der Waals surface area contributed by atoms with Crippen LogP contribution in [0.3, 0.4) is 0 Å². The molecule has 5 nitrogen and oxygen atoms in total. The average Bonchev–Trinajstić information content (AvgIpc) is 3.23. The molecule has 0 bridgehead atoms. The van der Waals surface area contributed by atoms with Crippen LogP contribution in [0.5, 0.6) is 0 Å². The maximum Gasteiger partial charge on any atom is 0.160 e. The van der Waals surface area contributed by atoms with Crippen LogP contribution in [0.25, 0.3) is 11.2 Å². The Balaban J connectivity index is 1.63. The maximum atomic E-state index is 5.83. The summed E-state index contributed by atoms with van der Waals surface area (Å²) in [5, 5.41) is 0. The zero-order valence-corrected chi connectivity index (χ0v) is 13.2. The Morgan fingerprint density at radius 1 is 1.36 bits per heavy atom. The van der Waals surface area contributed by atoms with Gasteiger partial charge in [0.1, 0.15) is 11.3 Å². The highest BCUT2D eigenvalue weighted by Crippen LogP contribution is 2.24. The average molecular weight is 300 g/mol. The topological polar surface area (TPSA) is 43.2 Å². The van der Waals surface area contributed by atoms with Crippen LogP contribution in [0, 0.1) is 5.92 Å². The van der Waals surface area contributed by atoms with Gasteiger partial charge in [0.05, 0.1) is 12.6 Å². The minimum atomic E-state index is 0.324. The number of hydrogen-bond donors (Lipinski definition) is 0. The maximum absolute atomic E-state index is 5.83. The summed E-state index contributed by atoms with van der Waals surface area (Å²) in [5.74, 6) is 1.90. The van der Waals surface area contributed by atoms with Gasteiger partial charge in [0, 0.05) is 25.8 Å². The van der Waals surface area contributed by atoms with Gasteiger partial charge in [0.2, 0.25) is 0 Å². The van der Waals surface area contributed by atoms with E-state index in [2.05, 4.69) is 27.6 Å². The van der Waals surface area contributed by atoms with Gasteiger partial charge in [-0.3, -0.25) is 0 Å². The quantitative estimate of drug-likeness (QED) is 0.867. The van der Waals surface area contributed by atoms with Gasteiger partial charge in [-0.15, -0.1) is 0 Å².